The van der Waals surface area contributed by atoms with E-state index in [1.165, 1.54) is 43.3 Å². The van der Waals surface area contributed by atoms with Crippen LogP contribution in [0.4, 0.5) is 13.2 Å². The van der Waals surface area contributed by atoms with Crippen LogP contribution < -0.4 is 5.73 Å². The van der Waals surface area contributed by atoms with Crippen molar-refractivity contribution in [3.05, 3.63) is 53.1 Å². The first-order valence-corrected chi connectivity index (χ1v) is 12.5. The number of phenols is 1. The number of hydrogen-bond acceptors (Lipinski definition) is 8. The summed E-state index contributed by atoms with van der Waals surface area (Å²) in [6.45, 7) is 0. The van der Waals surface area contributed by atoms with E-state index in [2.05, 4.69) is 0 Å². The van der Waals surface area contributed by atoms with Gasteiger partial charge >= 0.3 is 6.18 Å². The van der Waals surface area contributed by atoms with Gasteiger partial charge in [-0.2, -0.15) is 13.2 Å². The zero-order valence-electron chi connectivity index (χ0n) is 21.4. The van der Waals surface area contributed by atoms with Crippen LogP contribution in [0.15, 0.2) is 36.4 Å². The average molecular weight is 559 g/mol. The molecule has 3 aliphatic rings. The quantitative estimate of drug-likeness (QED) is 0.480. The van der Waals surface area contributed by atoms with Crippen LogP contribution in [0.2, 0.25) is 0 Å². The van der Waals surface area contributed by atoms with Gasteiger partial charge in [0.1, 0.15) is 5.75 Å². The van der Waals surface area contributed by atoms with Gasteiger partial charge in [0.25, 0.3) is 0 Å². The molecule has 1 amide bonds. The van der Waals surface area contributed by atoms with Crippen LogP contribution in [0.1, 0.15) is 27.9 Å². The number of rotatable bonds is 3. The van der Waals surface area contributed by atoms with Gasteiger partial charge in [0, 0.05) is 5.92 Å². The molecule has 0 aromatic heterocycles. The number of alkyl halides is 3. The molecule has 6 atom stereocenters. The summed E-state index contributed by atoms with van der Waals surface area (Å²) in [5.41, 5.74) is 2.38. The predicted octanol–water partition coefficient (Wildman–Crippen LogP) is 1.55. The number of phenolic OH excluding ortho intramolecular Hbond substituents is 1. The van der Waals surface area contributed by atoms with E-state index in [0.29, 0.717) is 16.7 Å². The summed E-state index contributed by atoms with van der Waals surface area (Å²) in [7, 11) is 2.96. The molecular formula is C28H25F3N2O7. The number of benzene rings is 2. The molecule has 40 heavy (non-hydrogen) atoms. The maximum Gasteiger partial charge on any atom is 0.416 e. The van der Waals surface area contributed by atoms with Crippen molar-refractivity contribution < 1.29 is 47.4 Å². The van der Waals surface area contributed by atoms with Crippen LogP contribution >= 0.6 is 0 Å². The third kappa shape index (κ3) is 3.80. The van der Waals surface area contributed by atoms with E-state index in [0.717, 1.165) is 12.1 Å². The number of ketones is 4. The van der Waals surface area contributed by atoms with Crippen molar-refractivity contribution in [3.8, 4) is 16.9 Å². The third-order valence-corrected chi connectivity index (χ3v) is 8.47. The van der Waals surface area contributed by atoms with Gasteiger partial charge in [-0.25, -0.2) is 0 Å². The fourth-order valence-corrected chi connectivity index (χ4v) is 6.71. The molecule has 4 N–H and O–H groups in total. The highest BCUT2D eigenvalue weighted by molar-refractivity contribution is 6.32. The predicted molar refractivity (Wildman–Crippen MR) is 132 cm³/mol. The van der Waals surface area contributed by atoms with Gasteiger partial charge in [-0.3, -0.25) is 28.9 Å². The summed E-state index contributed by atoms with van der Waals surface area (Å²) in [5.74, 6) is -11.8. The molecule has 2 unspecified atom stereocenters. The number of hydrogen-bond donors (Lipinski definition) is 3. The van der Waals surface area contributed by atoms with Crippen LogP contribution in [0.5, 0.6) is 5.75 Å². The minimum atomic E-state index is -4.55. The van der Waals surface area contributed by atoms with Crippen LogP contribution in [-0.4, -0.2) is 69.9 Å². The monoisotopic (exact) mass is 558 g/mol. The minimum Gasteiger partial charge on any atom is -0.507 e. The Morgan fingerprint density at radius 1 is 1.02 bits per heavy atom. The number of halogens is 3. The molecule has 0 bridgehead atoms. The maximum atomic E-state index is 13.8. The van der Waals surface area contributed by atoms with E-state index in [1.54, 1.807) is 0 Å². The molecular weight excluding hydrogens is 533 g/mol. The van der Waals surface area contributed by atoms with Gasteiger partial charge in [-0.15, -0.1) is 0 Å². The highest BCUT2D eigenvalue weighted by atomic mass is 19.4. The zero-order valence-corrected chi connectivity index (χ0v) is 21.4. The first-order valence-electron chi connectivity index (χ1n) is 12.5. The molecule has 3 aliphatic carbocycles. The number of carbonyl (C=O) groups excluding carboxylic acids is 5. The standard InChI is InChI=1S/C28H25F3N2O7/c1-33(2)21-16-10-12-9-15-14(11-3-5-13(6-4-11)28(29,30)31)7-8-17(34)19(15)22(35)18(12)24(37)27(16,40)25(38)20(23(21)36)26(32)39/h3-8,12,16,18,20-21,34,40H,9-10H2,1-2H3,(H2,32,39)/t12-,16-,18?,20?,21-,27-/m0/s1. The summed E-state index contributed by atoms with van der Waals surface area (Å²) in [5, 5.41) is 22.2. The van der Waals surface area contributed by atoms with Crippen molar-refractivity contribution in [2.45, 2.75) is 30.7 Å². The van der Waals surface area contributed by atoms with Crippen LogP contribution in [0, 0.1) is 23.7 Å². The van der Waals surface area contributed by atoms with E-state index in [4.69, 9.17) is 5.73 Å². The van der Waals surface area contributed by atoms with E-state index >= 15 is 0 Å². The molecule has 210 valence electrons. The largest absolute Gasteiger partial charge is 0.507 e. The molecule has 2 saturated carbocycles. The first kappa shape index (κ1) is 27.7. The number of primary amides is 1. The minimum absolute atomic E-state index is 0.00338. The highest BCUT2D eigenvalue weighted by Crippen LogP contribution is 2.51. The lowest BCUT2D eigenvalue weighted by Crippen LogP contribution is -2.74. The Hall–Kier alpha value is -3.90. The molecule has 9 nitrogen and oxygen atoms in total. The normalized spacial score (nSPS) is 30.1. The van der Waals surface area contributed by atoms with Gasteiger partial charge < -0.3 is 15.9 Å². The van der Waals surface area contributed by atoms with Crippen LogP contribution in [0.25, 0.3) is 11.1 Å². The lowest BCUT2D eigenvalue weighted by atomic mass is 9.52. The number of fused-ring (bicyclic) bond motifs is 3. The van der Waals surface area contributed by atoms with Gasteiger partial charge in [-0.1, -0.05) is 18.2 Å². The van der Waals surface area contributed by atoms with E-state index < -0.39 is 81.8 Å². The number of amides is 1. The van der Waals surface area contributed by atoms with Crippen LogP contribution in [0.3, 0.4) is 0 Å². The van der Waals surface area contributed by atoms with E-state index in [9.17, 15) is 47.4 Å². The second-order valence-electron chi connectivity index (χ2n) is 10.9. The Balaban J connectivity index is 1.63. The number of Topliss-reactive ketones (excluding diaryl/α,β-unsaturated/α-hetero) is 4. The second kappa shape index (κ2) is 9.07. The summed E-state index contributed by atoms with van der Waals surface area (Å²) in [4.78, 5) is 67.5. The van der Waals surface area contributed by atoms with Crippen molar-refractivity contribution in [1.82, 2.24) is 4.90 Å². The highest BCUT2D eigenvalue weighted by Gasteiger charge is 2.69. The fraction of sp³-hybridized carbons (Fsp3) is 0.393. The second-order valence-corrected chi connectivity index (χ2v) is 10.9. The Labute approximate surface area is 225 Å². The zero-order chi connectivity index (χ0) is 29.5. The summed E-state index contributed by atoms with van der Waals surface area (Å²) >= 11 is 0. The Kier molecular flexibility index (Phi) is 6.27. The molecule has 2 aromatic carbocycles. The van der Waals surface area contributed by atoms with Crippen molar-refractivity contribution in [2.24, 2.45) is 29.4 Å². The smallest absolute Gasteiger partial charge is 0.416 e. The maximum absolute atomic E-state index is 13.8. The molecule has 0 radical (unpaired) electrons. The van der Waals surface area contributed by atoms with Gasteiger partial charge in [0.2, 0.25) is 5.91 Å². The van der Waals surface area contributed by atoms with Gasteiger partial charge in [0.15, 0.2) is 34.7 Å². The molecule has 5 rings (SSSR count). The lowest BCUT2D eigenvalue weighted by Gasteiger charge is -2.52. The Morgan fingerprint density at radius 2 is 1.65 bits per heavy atom. The third-order valence-electron chi connectivity index (χ3n) is 8.47. The number of nitrogens with zero attached hydrogens (tertiary/aromatic N) is 1. The number of likely N-dealkylation sites (N-methyl/N-ethyl adjacent to an activating group) is 1. The van der Waals surface area contributed by atoms with E-state index in [-0.39, 0.29) is 18.4 Å². The number of aromatic hydroxyl groups is 1. The summed E-state index contributed by atoms with van der Waals surface area (Å²) < 4.78 is 39.3. The van der Waals surface area contributed by atoms with Crippen molar-refractivity contribution in [2.75, 3.05) is 14.1 Å². The van der Waals surface area contributed by atoms with Crippen molar-refractivity contribution in [3.63, 3.8) is 0 Å². The lowest BCUT2D eigenvalue weighted by molar-refractivity contribution is -0.181. The molecule has 0 spiro atoms. The number of carbonyl (C=O) groups is 5. The average Bonchev–Trinajstić information content (AvgIpc) is 2.85. The number of nitrogens with two attached hydrogens (primary N) is 1. The number of aliphatic hydroxyl groups is 1. The molecule has 2 aromatic rings. The molecule has 2 fully saturated rings. The SMILES string of the molecule is CN(C)[C@@H]1C(=O)C(C(N)=O)C(=O)[C@@]2(O)C(=O)C3C(=O)c4c(O)ccc(-c5ccc(C(F)(F)F)cc5)c4C[C@H]3C[C@@H]12. The van der Waals surface area contributed by atoms with Crippen LogP contribution in [-0.2, 0) is 31.8 Å². The summed E-state index contributed by atoms with van der Waals surface area (Å²) in [6.07, 6.45) is -4.69. The Bertz CT molecular complexity index is 1480. The first-order chi connectivity index (χ1) is 18.6. The topological polar surface area (TPSA) is 155 Å². The van der Waals surface area contributed by atoms with Crippen molar-refractivity contribution >= 4 is 29.0 Å². The van der Waals surface area contributed by atoms with E-state index in [1.807, 2.05) is 0 Å². The van der Waals surface area contributed by atoms with Gasteiger partial charge in [0.05, 0.1) is 23.1 Å². The van der Waals surface area contributed by atoms with Crippen molar-refractivity contribution in [1.29, 1.82) is 0 Å². The molecule has 0 heterocycles. The molecule has 0 aliphatic heterocycles. The van der Waals surface area contributed by atoms with Gasteiger partial charge in [-0.05, 0) is 67.7 Å². The fourth-order valence-electron chi connectivity index (χ4n) is 6.71. The summed E-state index contributed by atoms with van der Waals surface area (Å²) in [6, 6.07) is 5.66. The molecule has 0 saturated heterocycles. The Morgan fingerprint density at radius 3 is 2.20 bits per heavy atom. The molecule has 12 heteroatoms.